The zero-order valence-electron chi connectivity index (χ0n) is 13.0. The van der Waals surface area contributed by atoms with Gasteiger partial charge in [0, 0.05) is 17.8 Å². The number of nitrogens with zero attached hydrogens (tertiary/aromatic N) is 3. The summed E-state index contributed by atoms with van der Waals surface area (Å²) in [5, 5.41) is 1.29. The molecule has 120 valence electrons. The Morgan fingerprint density at radius 1 is 1.13 bits per heavy atom. The van der Waals surface area contributed by atoms with Crippen molar-refractivity contribution in [3.05, 3.63) is 41.8 Å². The summed E-state index contributed by atoms with van der Waals surface area (Å²) >= 11 is 1.76. The van der Waals surface area contributed by atoms with Crippen molar-refractivity contribution in [2.45, 2.75) is 0 Å². The molecule has 23 heavy (non-hydrogen) atoms. The van der Waals surface area contributed by atoms with E-state index in [0.29, 0.717) is 0 Å². The van der Waals surface area contributed by atoms with Crippen LogP contribution in [0.25, 0.3) is 20.8 Å². The fourth-order valence-corrected chi connectivity index (χ4v) is 3.94. The van der Waals surface area contributed by atoms with Gasteiger partial charge in [0.05, 0.1) is 33.9 Å². The predicted octanol–water partition coefficient (Wildman–Crippen LogP) is -1.30. The number of halogens is 1. The smallest absolute Gasteiger partial charge is 0.201 e. The van der Waals surface area contributed by atoms with E-state index in [2.05, 4.69) is 34.7 Å². The lowest BCUT2D eigenvalue weighted by Gasteiger charge is -2.20. The maximum absolute atomic E-state index is 5.89. The van der Waals surface area contributed by atoms with Gasteiger partial charge in [-0.2, -0.15) is 0 Å². The van der Waals surface area contributed by atoms with Gasteiger partial charge in [-0.1, -0.05) is 0 Å². The van der Waals surface area contributed by atoms with Crippen molar-refractivity contribution < 1.29 is 12.4 Å². The molecule has 6 heteroatoms. The number of fused-ring (bicyclic) bond motifs is 2. The molecule has 1 saturated heterocycles. The zero-order valence-corrected chi connectivity index (χ0v) is 14.6. The molecule has 0 atom stereocenters. The molecule has 0 bridgehead atoms. The van der Waals surface area contributed by atoms with E-state index < -0.39 is 0 Å². The molecule has 1 aromatic carbocycles. The van der Waals surface area contributed by atoms with Crippen LogP contribution >= 0.6 is 11.3 Å². The topological polar surface area (TPSA) is 45.2 Å². The monoisotopic (exact) mass is 346 g/mol. The van der Waals surface area contributed by atoms with Gasteiger partial charge in [-0.15, -0.1) is 11.3 Å². The molecular weight excluding hydrogens is 328 g/mol. The Morgan fingerprint density at radius 2 is 1.91 bits per heavy atom. The van der Waals surface area contributed by atoms with Crippen LogP contribution in [-0.2, 0) is 0 Å². The fraction of sp³-hybridized carbons (Fsp3) is 0.294. The summed E-state index contributed by atoms with van der Waals surface area (Å²) in [5.74, 6) is 0. The van der Waals surface area contributed by atoms with Gasteiger partial charge in [-0.05, 0) is 31.3 Å². The Bertz CT molecular complexity index is 879. The van der Waals surface area contributed by atoms with Gasteiger partial charge in [-0.3, -0.25) is 4.90 Å². The highest BCUT2D eigenvalue weighted by Crippen LogP contribution is 2.30. The summed E-state index contributed by atoms with van der Waals surface area (Å²) in [7, 11) is 2.18. The van der Waals surface area contributed by atoms with E-state index in [9.17, 15) is 0 Å². The minimum absolute atomic E-state index is 0. The van der Waals surface area contributed by atoms with Crippen LogP contribution in [-0.4, -0.2) is 43.1 Å². The minimum Gasteiger partial charge on any atom is -1.00 e. The average Bonchev–Trinajstić information content (AvgIpc) is 2.53. The number of nitrogens with two attached hydrogens (primary N) is 1. The van der Waals surface area contributed by atoms with Crippen LogP contribution in [0.5, 0.6) is 0 Å². The number of hydrogen-bond donors (Lipinski definition) is 1. The largest absolute Gasteiger partial charge is 1.00 e. The molecule has 0 aromatic heterocycles. The van der Waals surface area contributed by atoms with Gasteiger partial charge < -0.3 is 18.1 Å². The molecule has 1 fully saturated rings. The molecule has 1 aromatic rings. The van der Waals surface area contributed by atoms with Crippen molar-refractivity contribution in [2.24, 2.45) is 0 Å². The van der Waals surface area contributed by atoms with Crippen LogP contribution in [0.4, 0.5) is 5.69 Å². The maximum Gasteiger partial charge on any atom is 0.201 e. The van der Waals surface area contributed by atoms with Gasteiger partial charge in [0.25, 0.3) is 0 Å². The van der Waals surface area contributed by atoms with E-state index in [0.717, 1.165) is 47.8 Å². The Labute approximate surface area is 145 Å². The first-order chi connectivity index (χ1) is 10.7. The molecule has 2 N–H and O–H groups in total. The number of anilines is 1. The third-order valence-corrected chi connectivity index (χ3v) is 5.35. The van der Waals surface area contributed by atoms with E-state index >= 15 is 0 Å². The Kier molecular flexibility index (Phi) is 4.53. The van der Waals surface area contributed by atoms with E-state index in [1.54, 1.807) is 11.3 Å². The molecule has 4 nitrogen and oxygen atoms in total. The SMILES string of the molecule is CN1CC[N+](=c2ccc3nc4ccc(N)cc4sc-3c2)CC1.[Cl-]. The van der Waals surface area contributed by atoms with E-state index in [1.165, 1.54) is 10.2 Å². The van der Waals surface area contributed by atoms with Crippen molar-refractivity contribution in [2.75, 3.05) is 39.0 Å². The van der Waals surface area contributed by atoms with Gasteiger partial charge in [-0.25, -0.2) is 9.56 Å². The summed E-state index contributed by atoms with van der Waals surface area (Å²) in [5.41, 5.74) is 8.75. The lowest BCUT2D eigenvalue weighted by molar-refractivity contribution is -0.00000443. The number of hydrogen-bond acceptors (Lipinski definition) is 4. The quantitative estimate of drug-likeness (QED) is 0.313. The van der Waals surface area contributed by atoms with Gasteiger partial charge in [0.1, 0.15) is 0 Å². The zero-order chi connectivity index (χ0) is 15.1. The van der Waals surface area contributed by atoms with Crippen molar-refractivity contribution in [1.82, 2.24) is 14.5 Å². The van der Waals surface area contributed by atoms with Crippen LogP contribution in [0, 0.1) is 0 Å². The molecule has 4 rings (SSSR count). The first kappa shape index (κ1) is 16.2. The van der Waals surface area contributed by atoms with Crippen LogP contribution in [0.15, 0.2) is 36.4 Å². The molecule has 2 aliphatic heterocycles. The number of likely N-dealkylation sites (N-methyl/N-ethyl adjacent to an activating group) is 1. The predicted molar refractivity (Wildman–Crippen MR) is 93.2 cm³/mol. The number of nitrogen functional groups attached to an aromatic ring is 1. The van der Waals surface area contributed by atoms with E-state index in [-0.39, 0.29) is 12.4 Å². The maximum atomic E-state index is 5.89. The molecule has 0 saturated carbocycles. The summed E-state index contributed by atoms with van der Waals surface area (Å²) in [6.45, 7) is 4.41. The highest BCUT2D eigenvalue weighted by atomic mass is 35.5. The Morgan fingerprint density at radius 3 is 2.70 bits per heavy atom. The standard InChI is InChI=1S/C17H18N4S.ClH/c1-20-6-8-21(9-7-20)13-3-5-15-17(11-13)22-16-10-12(18)2-4-14(16)19-15;/h2-5,10-11,18H,6-9H2,1H3;1H. The number of rotatable bonds is 0. The van der Waals surface area contributed by atoms with Crippen molar-refractivity contribution >= 4 is 27.2 Å². The Balaban J connectivity index is 0.00000156. The number of piperazine rings is 1. The second kappa shape index (κ2) is 6.43. The van der Waals surface area contributed by atoms with Crippen LogP contribution in [0.3, 0.4) is 0 Å². The van der Waals surface area contributed by atoms with Crippen LogP contribution < -0.4 is 28.1 Å². The molecule has 3 aliphatic rings. The Hall–Kier alpha value is -1.69. The summed E-state index contributed by atoms with van der Waals surface area (Å²) in [6.07, 6.45) is 0. The van der Waals surface area contributed by atoms with Crippen molar-refractivity contribution in [1.29, 1.82) is 0 Å². The van der Waals surface area contributed by atoms with Crippen molar-refractivity contribution in [3.63, 3.8) is 0 Å². The van der Waals surface area contributed by atoms with E-state index in [4.69, 9.17) is 10.7 Å². The molecule has 0 amide bonds. The molecule has 2 heterocycles. The summed E-state index contributed by atoms with van der Waals surface area (Å²) in [6, 6.07) is 12.5. The molecule has 0 radical (unpaired) electrons. The third-order valence-electron chi connectivity index (χ3n) is 4.26. The van der Waals surface area contributed by atoms with Gasteiger partial charge in [0.2, 0.25) is 5.36 Å². The molecule has 0 spiro atoms. The molecular formula is C17H19ClN4S. The minimum atomic E-state index is 0. The highest BCUT2D eigenvalue weighted by molar-refractivity contribution is 7.21. The lowest BCUT2D eigenvalue weighted by atomic mass is 10.2. The number of benzene rings is 2. The first-order valence-corrected chi connectivity index (χ1v) is 8.37. The number of aromatic nitrogens is 1. The van der Waals surface area contributed by atoms with Crippen LogP contribution in [0.1, 0.15) is 0 Å². The molecule has 1 aliphatic carbocycles. The summed E-state index contributed by atoms with van der Waals surface area (Å²) in [4.78, 5) is 8.34. The molecule has 0 unspecified atom stereocenters. The first-order valence-electron chi connectivity index (χ1n) is 7.56. The highest BCUT2D eigenvalue weighted by Gasteiger charge is 2.17. The van der Waals surface area contributed by atoms with Crippen LogP contribution in [0.2, 0.25) is 0 Å². The fourth-order valence-electron chi connectivity index (χ4n) is 2.89. The average molecular weight is 347 g/mol. The second-order valence-electron chi connectivity index (χ2n) is 5.88. The lowest BCUT2D eigenvalue weighted by Crippen LogP contribution is -3.00. The normalized spacial score (nSPS) is 15.8. The third kappa shape index (κ3) is 3.17. The van der Waals surface area contributed by atoms with E-state index in [1.807, 2.05) is 18.2 Å². The summed E-state index contributed by atoms with van der Waals surface area (Å²) < 4.78 is 3.60. The second-order valence-corrected chi connectivity index (χ2v) is 6.97. The van der Waals surface area contributed by atoms with Crippen molar-refractivity contribution in [3.8, 4) is 10.6 Å². The van der Waals surface area contributed by atoms with Gasteiger partial charge in [0.15, 0.2) is 13.1 Å². The van der Waals surface area contributed by atoms with Gasteiger partial charge >= 0.3 is 0 Å².